The molecule has 20 heavy (non-hydrogen) atoms. The second-order valence-electron chi connectivity index (χ2n) is 7.76. The van der Waals surface area contributed by atoms with Crippen molar-refractivity contribution in [3.05, 3.63) is 34.9 Å². The average molecular weight is 292 g/mol. The molecule has 1 unspecified atom stereocenters. The second kappa shape index (κ2) is 4.74. The number of rotatable bonds is 3. The van der Waals surface area contributed by atoms with Gasteiger partial charge in [-0.25, -0.2) is 0 Å². The van der Waals surface area contributed by atoms with Crippen molar-refractivity contribution >= 4 is 11.6 Å². The van der Waals surface area contributed by atoms with Crippen LogP contribution in [0.3, 0.4) is 0 Å². The zero-order valence-corrected chi connectivity index (χ0v) is 13.8. The molecule has 2 aliphatic carbocycles. The minimum Gasteiger partial charge on any atom is -0.306 e. The van der Waals surface area contributed by atoms with E-state index in [0.717, 1.165) is 10.9 Å². The zero-order chi connectivity index (χ0) is 14.5. The summed E-state index contributed by atoms with van der Waals surface area (Å²) >= 11 is 6.35. The summed E-state index contributed by atoms with van der Waals surface area (Å²) in [5, 5.41) is 4.79. The molecule has 0 saturated heterocycles. The molecule has 4 atom stereocenters. The van der Waals surface area contributed by atoms with Crippen molar-refractivity contribution in [2.75, 3.05) is 0 Å². The number of benzene rings is 1. The van der Waals surface area contributed by atoms with Gasteiger partial charge in [-0.2, -0.15) is 0 Å². The van der Waals surface area contributed by atoms with E-state index in [-0.39, 0.29) is 0 Å². The fraction of sp³-hybridized carbons (Fsp3) is 0.667. The van der Waals surface area contributed by atoms with Crippen LogP contribution in [0, 0.1) is 16.7 Å². The van der Waals surface area contributed by atoms with Gasteiger partial charge >= 0.3 is 0 Å². The molecule has 0 radical (unpaired) electrons. The Kier molecular flexibility index (Phi) is 3.42. The van der Waals surface area contributed by atoms with Crippen LogP contribution < -0.4 is 5.32 Å². The van der Waals surface area contributed by atoms with E-state index in [1.807, 2.05) is 12.1 Å². The molecule has 2 heteroatoms. The van der Waals surface area contributed by atoms with Crippen molar-refractivity contribution in [1.29, 1.82) is 0 Å². The summed E-state index contributed by atoms with van der Waals surface area (Å²) in [6.07, 6.45) is 4.16. The van der Waals surface area contributed by atoms with Gasteiger partial charge in [0, 0.05) is 17.1 Å². The average Bonchev–Trinajstić information content (AvgIpc) is 2.86. The van der Waals surface area contributed by atoms with Crippen LogP contribution in [0.1, 0.15) is 58.6 Å². The maximum absolute atomic E-state index is 6.35. The molecule has 1 aromatic rings. The Morgan fingerprint density at radius 1 is 1.25 bits per heavy atom. The molecular weight excluding hydrogens is 266 g/mol. The smallest absolute Gasteiger partial charge is 0.0453 e. The van der Waals surface area contributed by atoms with Gasteiger partial charge in [0.1, 0.15) is 0 Å². The van der Waals surface area contributed by atoms with E-state index in [1.165, 1.54) is 24.8 Å². The Bertz CT molecular complexity index is 505. The van der Waals surface area contributed by atoms with Crippen molar-refractivity contribution in [1.82, 2.24) is 5.32 Å². The number of fused-ring (bicyclic) bond motifs is 2. The normalized spacial score (nSPS) is 36.2. The van der Waals surface area contributed by atoms with Gasteiger partial charge in [0.15, 0.2) is 0 Å². The second-order valence-corrected chi connectivity index (χ2v) is 8.17. The van der Waals surface area contributed by atoms with Gasteiger partial charge in [-0.05, 0) is 54.6 Å². The lowest BCUT2D eigenvalue weighted by molar-refractivity contribution is 0.100. The molecule has 2 bridgehead atoms. The van der Waals surface area contributed by atoms with Crippen molar-refractivity contribution in [2.24, 2.45) is 16.7 Å². The molecular formula is C18H26ClN. The van der Waals surface area contributed by atoms with Gasteiger partial charge in [0.05, 0.1) is 0 Å². The lowest BCUT2D eigenvalue weighted by atomic mass is 9.68. The van der Waals surface area contributed by atoms with Crippen molar-refractivity contribution in [3.8, 4) is 0 Å². The first-order valence-electron chi connectivity index (χ1n) is 7.85. The van der Waals surface area contributed by atoms with Gasteiger partial charge in [0.2, 0.25) is 0 Å². The number of hydrogen-bond acceptors (Lipinski definition) is 1. The monoisotopic (exact) mass is 291 g/mol. The van der Waals surface area contributed by atoms with Crippen LogP contribution in [-0.4, -0.2) is 6.04 Å². The van der Waals surface area contributed by atoms with E-state index in [4.69, 9.17) is 11.6 Å². The molecule has 0 spiro atoms. The lowest BCUT2D eigenvalue weighted by Gasteiger charge is -2.44. The molecule has 110 valence electrons. The van der Waals surface area contributed by atoms with Crippen LogP contribution in [-0.2, 0) is 0 Å². The summed E-state index contributed by atoms with van der Waals surface area (Å²) in [5.74, 6) is 0.878. The summed E-state index contributed by atoms with van der Waals surface area (Å²) in [7, 11) is 0. The van der Waals surface area contributed by atoms with Crippen molar-refractivity contribution in [3.63, 3.8) is 0 Å². The predicted octanol–water partition coefficient (Wildman–Crippen LogP) is 5.21. The minimum absolute atomic E-state index is 0.309. The van der Waals surface area contributed by atoms with E-state index in [9.17, 15) is 0 Å². The summed E-state index contributed by atoms with van der Waals surface area (Å²) in [4.78, 5) is 0. The number of hydrogen-bond donors (Lipinski definition) is 1. The zero-order valence-electron chi connectivity index (χ0n) is 13.0. The van der Waals surface area contributed by atoms with Gasteiger partial charge < -0.3 is 5.32 Å². The topological polar surface area (TPSA) is 12.0 Å². The molecule has 3 rings (SSSR count). The molecule has 1 nitrogen and oxygen atoms in total. The van der Waals surface area contributed by atoms with Crippen molar-refractivity contribution in [2.45, 2.75) is 59.0 Å². The first-order chi connectivity index (χ1) is 9.34. The standard InChI is InChI=1S/C18H26ClN/c1-12(14-7-5-6-8-15(14)19)20-16-17(2,3)13-9-10-18(16,4)11-13/h5-8,12-13,16,20H,9-11H2,1-4H3/t12-,13-,16?,18+/m0/s1. The Morgan fingerprint density at radius 2 is 1.95 bits per heavy atom. The van der Waals surface area contributed by atoms with Gasteiger partial charge in [0.25, 0.3) is 0 Å². The highest BCUT2D eigenvalue weighted by Gasteiger charge is 2.59. The molecule has 2 aliphatic rings. The molecule has 0 aromatic heterocycles. The molecule has 1 aromatic carbocycles. The first-order valence-corrected chi connectivity index (χ1v) is 8.23. The van der Waals surface area contributed by atoms with E-state index in [1.54, 1.807) is 0 Å². The summed E-state index contributed by atoms with van der Waals surface area (Å²) in [6.45, 7) is 9.60. The molecule has 0 heterocycles. The van der Waals surface area contributed by atoms with Crippen molar-refractivity contribution < 1.29 is 0 Å². The molecule has 1 N–H and O–H groups in total. The molecule has 0 aliphatic heterocycles. The van der Waals surface area contributed by atoms with Crippen LogP contribution in [0.4, 0.5) is 0 Å². The quantitative estimate of drug-likeness (QED) is 0.806. The summed E-state index contributed by atoms with van der Waals surface area (Å²) in [5.41, 5.74) is 2.07. The minimum atomic E-state index is 0.309. The third-order valence-electron chi connectivity index (χ3n) is 6.06. The van der Waals surface area contributed by atoms with Crippen LogP contribution in [0.25, 0.3) is 0 Å². The SMILES string of the molecule is C[C@H](NC1C(C)(C)[C@H]2CC[C@]1(C)C2)c1ccccc1Cl. The van der Waals surface area contributed by atoms with Crippen LogP contribution >= 0.6 is 11.6 Å². The number of halogens is 1. The highest BCUT2D eigenvalue weighted by Crippen LogP contribution is 2.62. The molecule has 2 fully saturated rings. The largest absolute Gasteiger partial charge is 0.306 e. The molecule has 0 amide bonds. The summed E-state index contributed by atoms with van der Waals surface area (Å²) < 4.78 is 0. The highest BCUT2D eigenvalue weighted by atomic mass is 35.5. The maximum Gasteiger partial charge on any atom is 0.0453 e. The fourth-order valence-corrected chi connectivity index (χ4v) is 5.18. The van der Waals surface area contributed by atoms with E-state index in [2.05, 4.69) is 45.1 Å². The lowest BCUT2D eigenvalue weighted by Crippen LogP contribution is -2.51. The highest BCUT2D eigenvalue weighted by molar-refractivity contribution is 6.31. The molecule has 2 saturated carbocycles. The van der Waals surface area contributed by atoms with Gasteiger partial charge in [-0.15, -0.1) is 0 Å². The third kappa shape index (κ3) is 2.10. The predicted molar refractivity (Wildman–Crippen MR) is 86.0 cm³/mol. The Labute approximate surface area is 128 Å². The van der Waals surface area contributed by atoms with Crippen LogP contribution in [0.5, 0.6) is 0 Å². The Hall–Kier alpha value is -0.530. The van der Waals surface area contributed by atoms with Gasteiger partial charge in [-0.1, -0.05) is 50.6 Å². The maximum atomic E-state index is 6.35. The Morgan fingerprint density at radius 3 is 2.55 bits per heavy atom. The van der Waals surface area contributed by atoms with Gasteiger partial charge in [-0.3, -0.25) is 0 Å². The van der Waals surface area contributed by atoms with Crippen LogP contribution in [0.15, 0.2) is 24.3 Å². The Balaban J connectivity index is 1.83. The van der Waals surface area contributed by atoms with E-state index in [0.29, 0.717) is 22.9 Å². The summed E-state index contributed by atoms with van der Waals surface area (Å²) in [6, 6.07) is 9.10. The van der Waals surface area contributed by atoms with E-state index < -0.39 is 0 Å². The van der Waals surface area contributed by atoms with E-state index >= 15 is 0 Å². The van der Waals surface area contributed by atoms with Crippen LogP contribution in [0.2, 0.25) is 5.02 Å². The number of nitrogens with one attached hydrogen (secondary N) is 1. The fourth-order valence-electron chi connectivity index (χ4n) is 4.88. The first kappa shape index (κ1) is 14.4. The third-order valence-corrected chi connectivity index (χ3v) is 6.40.